The first-order valence-electron chi connectivity index (χ1n) is 6.64. The van der Waals surface area contributed by atoms with Gasteiger partial charge in [-0.2, -0.15) is 0 Å². The lowest BCUT2D eigenvalue weighted by molar-refractivity contribution is 0.464. The highest BCUT2D eigenvalue weighted by Gasteiger charge is 2.32. The van der Waals surface area contributed by atoms with Gasteiger partial charge in [-0.25, -0.2) is 12.8 Å². The Morgan fingerprint density at radius 2 is 1.79 bits per heavy atom. The second-order valence-electron chi connectivity index (χ2n) is 4.63. The lowest BCUT2D eigenvalue weighted by Gasteiger charge is -2.25. The number of benzene rings is 1. The van der Waals surface area contributed by atoms with Gasteiger partial charge in [0.15, 0.2) is 9.84 Å². The zero-order valence-corrected chi connectivity index (χ0v) is 12.5. The third-order valence-corrected chi connectivity index (χ3v) is 5.75. The first-order chi connectivity index (χ1) is 8.97. The molecule has 3 nitrogen and oxygen atoms in total. The van der Waals surface area contributed by atoms with Gasteiger partial charge in [0.05, 0.1) is 10.1 Å². The minimum atomic E-state index is -3.43. The molecule has 1 aromatic rings. The molecular weight excluding hydrogens is 265 g/mol. The maximum Gasteiger partial charge on any atom is 0.182 e. The van der Waals surface area contributed by atoms with Crippen LogP contribution in [0.1, 0.15) is 33.1 Å². The fourth-order valence-electron chi connectivity index (χ4n) is 2.35. The van der Waals surface area contributed by atoms with Crippen molar-refractivity contribution in [2.75, 3.05) is 7.05 Å². The predicted molar refractivity (Wildman–Crippen MR) is 75.4 cm³/mol. The van der Waals surface area contributed by atoms with Crippen molar-refractivity contribution >= 4 is 9.84 Å². The normalized spacial score (nSPS) is 15.2. The van der Waals surface area contributed by atoms with Crippen molar-refractivity contribution < 1.29 is 12.8 Å². The van der Waals surface area contributed by atoms with Crippen molar-refractivity contribution in [2.45, 2.75) is 49.3 Å². The van der Waals surface area contributed by atoms with Crippen LogP contribution in [0.2, 0.25) is 0 Å². The minimum absolute atomic E-state index is 0.0787. The summed E-state index contributed by atoms with van der Waals surface area (Å²) in [5.41, 5.74) is 0. The monoisotopic (exact) mass is 287 g/mol. The molecule has 108 valence electrons. The van der Waals surface area contributed by atoms with Gasteiger partial charge in [0.25, 0.3) is 0 Å². The largest absolute Gasteiger partial charge is 0.316 e. The molecule has 1 rings (SSSR count). The molecule has 0 aliphatic carbocycles. The summed E-state index contributed by atoms with van der Waals surface area (Å²) < 4.78 is 38.1. The number of halogens is 1. The summed E-state index contributed by atoms with van der Waals surface area (Å²) in [5.74, 6) is -0.425. The van der Waals surface area contributed by atoms with Crippen LogP contribution in [-0.2, 0) is 9.84 Å². The molecular formula is C14H22FNO2S. The first-order valence-corrected chi connectivity index (χ1v) is 8.18. The van der Waals surface area contributed by atoms with E-state index in [1.54, 1.807) is 7.05 Å². The lowest BCUT2D eigenvalue weighted by atomic mass is 10.1. The molecule has 1 aromatic carbocycles. The van der Waals surface area contributed by atoms with Crippen molar-refractivity contribution in [1.82, 2.24) is 5.32 Å². The zero-order chi connectivity index (χ0) is 14.5. The highest BCUT2D eigenvalue weighted by atomic mass is 32.2. The third-order valence-electron chi connectivity index (χ3n) is 3.36. The van der Waals surface area contributed by atoms with Crippen LogP contribution >= 0.6 is 0 Å². The van der Waals surface area contributed by atoms with E-state index in [1.807, 2.05) is 13.8 Å². The van der Waals surface area contributed by atoms with E-state index in [0.717, 1.165) is 12.8 Å². The number of rotatable bonds is 7. The molecule has 0 aliphatic heterocycles. The van der Waals surface area contributed by atoms with Crippen LogP contribution in [0.15, 0.2) is 29.2 Å². The summed E-state index contributed by atoms with van der Waals surface area (Å²) in [4.78, 5) is 0.192. The molecule has 0 fully saturated rings. The summed E-state index contributed by atoms with van der Waals surface area (Å²) >= 11 is 0. The molecule has 0 radical (unpaired) electrons. The van der Waals surface area contributed by atoms with Crippen molar-refractivity contribution in [1.29, 1.82) is 0 Å². The van der Waals surface area contributed by atoms with Crippen LogP contribution in [0.25, 0.3) is 0 Å². The minimum Gasteiger partial charge on any atom is -0.316 e. The van der Waals surface area contributed by atoms with Gasteiger partial charge in [0.2, 0.25) is 0 Å². The Morgan fingerprint density at radius 1 is 1.21 bits per heavy atom. The van der Waals surface area contributed by atoms with Crippen LogP contribution in [0.5, 0.6) is 0 Å². The topological polar surface area (TPSA) is 46.2 Å². The van der Waals surface area contributed by atoms with Crippen LogP contribution in [-0.4, -0.2) is 26.8 Å². The summed E-state index contributed by atoms with van der Waals surface area (Å²) in [7, 11) is -1.65. The molecule has 1 N–H and O–H groups in total. The maximum atomic E-state index is 12.9. The molecule has 0 saturated carbocycles. The van der Waals surface area contributed by atoms with Crippen LogP contribution < -0.4 is 5.32 Å². The van der Waals surface area contributed by atoms with Gasteiger partial charge in [0, 0.05) is 6.04 Å². The Labute approximate surface area is 115 Å². The molecule has 0 aromatic heterocycles. The second-order valence-corrected chi connectivity index (χ2v) is 6.80. The predicted octanol–water partition coefficient (Wildman–Crippen LogP) is 2.77. The molecule has 0 saturated heterocycles. The molecule has 0 heterocycles. The van der Waals surface area contributed by atoms with Crippen LogP contribution in [0, 0.1) is 5.82 Å². The Kier molecular flexibility index (Phi) is 5.94. The smallest absolute Gasteiger partial charge is 0.182 e. The molecule has 2 unspecified atom stereocenters. The van der Waals surface area contributed by atoms with Crippen LogP contribution in [0.4, 0.5) is 4.39 Å². The van der Waals surface area contributed by atoms with Gasteiger partial charge >= 0.3 is 0 Å². The fourth-order valence-corrected chi connectivity index (χ4v) is 4.35. The zero-order valence-electron chi connectivity index (χ0n) is 11.7. The molecule has 5 heteroatoms. The average Bonchev–Trinajstić information content (AvgIpc) is 2.38. The van der Waals surface area contributed by atoms with Crippen LogP contribution in [0.3, 0.4) is 0 Å². The maximum absolute atomic E-state index is 12.9. The molecule has 2 atom stereocenters. The van der Waals surface area contributed by atoms with Gasteiger partial charge in [-0.1, -0.05) is 20.3 Å². The third kappa shape index (κ3) is 3.76. The van der Waals surface area contributed by atoms with Crippen molar-refractivity contribution in [3.63, 3.8) is 0 Å². The van der Waals surface area contributed by atoms with Crippen molar-refractivity contribution in [3.05, 3.63) is 30.1 Å². The van der Waals surface area contributed by atoms with Gasteiger partial charge in [-0.3, -0.25) is 0 Å². The number of sulfone groups is 1. The van der Waals surface area contributed by atoms with E-state index >= 15 is 0 Å². The fraction of sp³-hybridized carbons (Fsp3) is 0.571. The quantitative estimate of drug-likeness (QED) is 0.784. The summed E-state index contributed by atoms with van der Waals surface area (Å²) in [6.07, 6.45) is 2.25. The van der Waals surface area contributed by atoms with Gasteiger partial charge in [-0.05, 0) is 44.2 Å². The summed E-state index contributed by atoms with van der Waals surface area (Å²) in [6.45, 7) is 3.90. The summed E-state index contributed by atoms with van der Waals surface area (Å²) in [5, 5.41) is 2.60. The van der Waals surface area contributed by atoms with E-state index in [0.29, 0.717) is 6.42 Å². The molecule has 19 heavy (non-hydrogen) atoms. The first kappa shape index (κ1) is 16.1. The van der Waals surface area contributed by atoms with E-state index < -0.39 is 20.9 Å². The molecule has 0 spiro atoms. The molecule has 0 aliphatic rings. The number of nitrogens with one attached hydrogen (secondary N) is 1. The Bertz CT molecular complexity index is 485. The van der Waals surface area contributed by atoms with Crippen molar-refractivity contribution in [3.8, 4) is 0 Å². The van der Waals surface area contributed by atoms with Crippen molar-refractivity contribution in [2.24, 2.45) is 0 Å². The highest BCUT2D eigenvalue weighted by Crippen LogP contribution is 2.23. The highest BCUT2D eigenvalue weighted by molar-refractivity contribution is 7.92. The Balaban J connectivity index is 3.10. The summed E-state index contributed by atoms with van der Waals surface area (Å²) in [6, 6.07) is 4.98. The Morgan fingerprint density at radius 3 is 2.21 bits per heavy atom. The standard InChI is InChI=1S/C14H22FNO2S/c1-4-6-13(16-3)14(5-2)19(17,18)12-9-7-11(15)8-10-12/h7-10,13-14,16H,4-6H2,1-3H3. The van der Waals surface area contributed by atoms with E-state index in [2.05, 4.69) is 5.32 Å². The average molecular weight is 287 g/mol. The Hall–Kier alpha value is -0.940. The number of hydrogen-bond acceptors (Lipinski definition) is 3. The lowest BCUT2D eigenvalue weighted by Crippen LogP contribution is -2.42. The number of hydrogen-bond donors (Lipinski definition) is 1. The van der Waals surface area contributed by atoms with Gasteiger partial charge in [-0.15, -0.1) is 0 Å². The van der Waals surface area contributed by atoms with E-state index in [9.17, 15) is 12.8 Å². The molecule has 0 amide bonds. The second kappa shape index (κ2) is 7.01. The molecule has 0 bridgehead atoms. The van der Waals surface area contributed by atoms with E-state index in [1.165, 1.54) is 24.3 Å². The van der Waals surface area contributed by atoms with E-state index in [4.69, 9.17) is 0 Å². The van der Waals surface area contributed by atoms with E-state index in [-0.39, 0.29) is 10.9 Å². The SMILES string of the molecule is CCCC(NC)C(CC)S(=O)(=O)c1ccc(F)cc1. The van der Waals surface area contributed by atoms with Gasteiger partial charge < -0.3 is 5.32 Å². The van der Waals surface area contributed by atoms with Gasteiger partial charge in [0.1, 0.15) is 5.82 Å².